The fourth-order valence-electron chi connectivity index (χ4n) is 3.72. The van der Waals surface area contributed by atoms with Crippen molar-refractivity contribution in [1.29, 1.82) is 0 Å². The van der Waals surface area contributed by atoms with Crippen LogP contribution in [-0.2, 0) is 16.2 Å². The van der Waals surface area contributed by atoms with E-state index in [1.807, 2.05) is 48.7 Å². The highest BCUT2D eigenvalue weighted by Gasteiger charge is 2.15. The molecule has 1 aliphatic rings. The van der Waals surface area contributed by atoms with E-state index in [1.165, 1.54) is 6.08 Å². The molecular weight excluding hydrogens is 446 g/mol. The lowest BCUT2D eigenvalue weighted by molar-refractivity contribution is -0.117. The number of allylic oxidation sites excluding steroid dienone is 2. The van der Waals surface area contributed by atoms with Crippen molar-refractivity contribution in [1.82, 2.24) is 4.98 Å². The van der Waals surface area contributed by atoms with Gasteiger partial charge in [0.25, 0.3) is 0 Å². The Morgan fingerprint density at radius 3 is 2.62 bits per heavy atom. The van der Waals surface area contributed by atoms with Crippen LogP contribution in [0.4, 0.5) is 11.4 Å². The average molecular weight is 474 g/mol. The van der Waals surface area contributed by atoms with Gasteiger partial charge in [-0.3, -0.25) is 9.59 Å². The number of carbonyl (C=O) groups is 2. The summed E-state index contributed by atoms with van der Waals surface area (Å²) >= 11 is 1.58. The van der Waals surface area contributed by atoms with E-state index >= 15 is 0 Å². The molecule has 1 atom stereocenters. The van der Waals surface area contributed by atoms with Gasteiger partial charge < -0.3 is 15.4 Å². The van der Waals surface area contributed by atoms with Gasteiger partial charge in [0.15, 0.2) is 0 Å². The summed E-state index contributed by atoms with van der Waals surface area (Å²) < 4.78 is 5.91. The van der Waals surface area contributed by atoms with E-state index in [1.54, 1.807) is 29.5 Å². The van der Waals surface area contributed by atoms with Gasteiger partial charge in [0.1, 0.15) is 12.4 Å². The number of rotatable bonds is 9. The molecule has 1 heterocycles. The van der Waals surface area contributed by atoms with Crippen LogP contribution in [0.2, 0.25) is 0 Å². The van der Waals surface area contributed by atoms with E-state index in [2.05, 4.69) is 27.8 Å². The molecule has 0 radical (unpaired) electrons. The fraction of sp³-hybridized carbons (Fsp3) is 0.222. The Bertz CT molecular complexity index is 1220. The number of para-hydroxylation sites is 3. The maximum atomic E-state index is 12.6. The fourth-order valence-corrected chi connectivity index (χ4v) is 4.32. The van der Waals surface area contributed by atoms with Crippen molar-refractivity contribution in [3.8, 4) is 5.75 Å². The van der Waals surface area contributed by atoms with Gasteiger partial charge in [-0.25, -0.2) is 4.98 Å². The van der Waals surface area contributed by atoms with Gasteiger partial charge in [-0.05, 0) is 50.0 Å². The van der Waals surface area contributed by atoms with Crippen molar-refractivity contribution in [3.63, 3.8) is 0 Å². The zero-order valence-electron chi connectivity index (χ0n) is 19.0. The number of nitrogens with one attached hydrogen (secondary N) is 2. The first-order chi connectivity index (χ1) is 16.6. The minimum Gasteiger partial charge on any atom is -0.487 e. The van der Waals surface area contributed by atoms with Crippen LogP contribution in [0.5, 0.6) is 5.75 Å². The lowest BCUT2D eigenvalue weighted by Gasteiger charge is -2.13. The normalized spacial score (nSPS) is 14.9. The van der Waals surface area contributed by atoms with Crippen LogP contribution in [0, 0.1) is 12.8 Å². The second-order valence-electron chi connectivity index (χ2n) is 8.07. The van der Waals surface area contributed by atoms with Crippen LogP contribution in [-0.4, -0.2) is 16.8 Å². The molecule has 2 amide bonds. The number of carbonyl (C=O) groups excluding carboxylic acids is 2. The second-order valence-corrected chi connectivity index (χ2v) is 9.13. The van der Waals surface area contributed by atoms with E-state index in [9.17, 15) is 9.59 Å². The van der Waals surface area contributed by atoms with Gasteiger partial charge in [-0.2, -0.15) is 0 Å². The highest BCUT2D eigenvalue weighted by atomic mass is 32.1. The van der Waals surface area contributed by atoms with Crippen LogP contribution >= 0.6 is 11.3 Å². The van der Waals surface area contributed by atoms with Crippen molar-refractivity contribution in [2.24, 2.45) is 5.92 Å². The summed E-state index contributed by atoms with van der Waals surface area (Å²) in [6.07, 6.45) is 9.84. The third kappa shape index (κ3) is 6.65. The van der Waals surface area contributed by atoms with E-state index in [0.29, 0.717) is 30.2 Å². The molecule has 1 aromatic heterocycles. The Hall–Kier alpha value is -3.71. The maximum absolute atomic E-state index is 12.6. The Kier molecular flexibility index (Phi) is 7.88. The quantitative estimate of drug-likeness (QED) is 0.296. The number of aromatic nitrogens is 1. The molecule has 1 aliphatic carbocycles. The molecular formula is C27H27N3O3S. The lowest BCUT2D eigenvalue weighted by atomic mass is 10.0. The number of hydrogen-bond acceptors (Lipinski definition) is 5. The summed E-state index contributed by atoms with van der Waals surface area (Å²) in [7, 11) is 0. The summed E-state index contributed by atoms with van der Waals surface area (Å²) in [5.74, 6) is 0.595. The Morgan fingerprint density at radius 2 is 1.88 bits per heavy atom. The number of hydrogen-bond donors (Lipinski definition) is 2. The minimum atomic E-state index is -0.301. The second kappa shape index (κ2) is 11.4. The average Bonchev–Trinajstić information content (AvgIpc) is 3.49. The molecule has 4 rings (SSSR count). The first-order valence-corrected chi connectivity index (χ1v) is 12.1. The first-order valence-electron chi connectivity index (χ1n) is 11.2. The Labute approximate surface area is 203 Å². The maximum Gasteiger partial charge on any atom is 0.248 e. The number of aryl methyl sites for hydroxylation is 1. The molecule has 0 fully saturated rings. The van der Waals surface area contributed by atoms with E-state index in [4.69, 9.17) is 4.74 Å². The van der Waals surface area contributed by atoms with Gasteiger partial charge in [0.05, 0.1) is 22.1 Å². The van der Waals surface area contributed by atoms with Crippen LogP contribution in [0.3, 0.4) is 0 Å². The lowest BCUT2D eigenvalue weighted by Crippen LogP contribution is -2.17. The number of benzene rings is 2. The molecule has 1 unspecified atom stereocenters. The van der Waals surface area contributed by atoms with Gasteiger partial charge in [0, 0.05) is 23.4 Å². The van der Waals surface area contributed by atoms with E-state index in [0.717, 1.165) is 29.1 Å². The van der Waals surface area contributed by atoms with Crippen LogP contribution in [0.15, 0.2) is 72.1 Å². The van der Waals surface area contributed by atoms with Crippen LogP contribution < -0.4 is 15.4 Å². The third-order valence-electron chi connectivity index (χ3n) is 5.39. The van der Waals surface area contributed by atoms with Gasteiger partial charge >= 0.3 is 0 Å². The van der Waals surface area contributed by atoms with Gasteiger partial charge in [-0.1, -0.05) is 42.5 Å². The summed E-state index contributed by atoms with van der Waals surface area (Å²) in [5.41, 5.74) is 2.80. The molecule has 0 saturated heterocycles. The number of ether oxygens (including phenoxy) is 1. The number of amides is 2. The standard InChI is InChI=1S/C27H27N3O3S/c1-19-28-22(18-34-19)17-33-25-13-7-4-10-21(25)14-15-26(31)29-23-11-5-6-12-24(23)30-27(32)16-20-8-2-3-9-20/h2,4-8,10-15,18,20H,3,9,16-17H2,1H3,(H,29,31)(H,30,32). The van der Waals surface area contributed by atoms with Crippen LogP contribution in [0.1, 0.15) is 35.5 Å². The highest BCUT2D eigenvalue weighted by molar-refractivity contribution is 7.09. The molecule has 2 aromatic carbocycles. The Morgan fingerprint density at radius 1 is 1.12 bits per heavy atom. The summed E-state index contributed by atoms with van der Waals surface area (Å²) in [4.78, 5) is 29.5. The minimum absolute atomic E-state index is 0.0600. The first kappa shape index (κ1) is 23.4. The molecule has 0 aliphatic heterocycles. The summed E-state index contributed by atoms with van der Waals surface area (Å²) in [6.45, 7) is 2.32. The van der Waals surface area contributed by atoms with Crippen molar-refractivity contribution in [2.45, 2.75) is 32.8 Å². The molecule has 34 heavy (non-hydrogen) atoms. The van der Waals surface area contributed by atoms with Crippen molar-refractivity contribution >= 4 is 40.6 Å². The molecule has 7 heteroatoms. The van der Waals surface area contributed by atoms with Crippen molar-refractivity contribution in [3.05, 3.63) is 88.4 Å². The molecule has 0 spiro atoms. The molecule has 0 bridgehead atoms. The monoisotopic (exact) mass is 473 g/mol. The van der Waals surface area contributed by atoms with E-state index < -0.39 is 0 Å². The largest absolute Gasteiger partial charge is 0.487 e. The zero-order valence-corrected chi connectivity index (χ0v) is 19.8. The Balaban J connectivity index is 1.37. The SMILES string of the molecule is Cc1nc(COc2ccccc2C=CC(=O)Nc2ccccc2NC(=O)CC2C=CCC2)cs1. The zero-order chi connectivity index (χ0) is 23.8. The van der Waals surface area contributed by atoms with Gasteiger partial charge in [0.2, 0.25) is 11.8 Å². The molecule has 6 nitrogen and oxygen atoms in total. The van der Waals surface area contributed by atoms with Gasteiger partial charge in [-0.15, -0.1) is 11.3 Å². The van der Waals surface area contributed by atoms with Crippen molar-refractivity contribution in [2.75, 3.05) is 10.6 Å². The highest BCUT2D eigenvalue weighted by Crippen LogP contribution is 2.25. The third-order valence-corrected chi connectivity index (χ3v) is 6.22. The van der Waals surface area contributed by atoms with E-state index in [-0.39, 0.29) is 17.7 Å². The number of thiazole rings is 1. The number of nitrogens with zero attached hydrogens (tertiary/aromatic N) is 1. The molecule has 0 saturated carbocycles. The molecule has 174 valence electrons. The van der Waals surface area contributed by atoms with Crippen molar-refractivity contribution < 1.29 is 14.3 Å². The smallest absolute Gasteiger partial charge is 0.248 e. The predicted octanol–water partition coefficient (Wildman–Crippen LogP) is 5.98. The summed E-state index contributed by atoms with van der Waals surface area (Å²) in [6, 6.07) is 14.7. The topological polar surface area (TPSA) is 80.3 Å². The summed E-state index contributed by atoms with van der Waals surface area (Å²) in [5, 5.41) is 8.75. The van der Waals surface area contributed by atoms with Crippen LogP contribution in [0.25, 0.3) is 6.08 Å². The molecule has 2 N–H and O–H groups in total. The predicted molar refractivity (Wildman–Crippen MR) is 137 cm³/mol. The molecule has 3 aromatic rings. The number of anilines is 2.